The van der Waals surface area contributed by atoms with Gasteiger partial charge in [0.1, 0.15) is 0 Å². The van der Waals surface area contributed by atoms with Gasteiger partial charge in [-0.15, -0.1) is 11.3 Å². The van der Waals surface area contributed by atoms with Crippen LogP contribution in [0.4, 0.5) is 5.69 Å². The second kappa shape index (κ2) is 5.03. The number of thiophene rings is 1. The normalized spacial score (nSPS) is 11.6. The number of nitrogens with two attached hydrogens (primary N) is 1. The van der Waals surface area contributed by atoms with E-state index in [-0.39, 0.29) is 16.4 Å². The van der Waals surface area contributed by atoms with Crippen LogP contribution >= 0.6 is 11.3 Å². The summed E-state index contributed by atoms with van der Waals surface area (Å²) in [6, 6.07) is 6.17. The molecule has 0 saturated carbocycles. The van der Waals surface area contributed by atoms with Gasteiger partial charge in [-0.25, -0.2) is 8.42 Å². The molecule has 1 aromatic carbocycles. The summed E-state index contributed by atoms with van der Waals surface area (Å²) in [6.45, 7) is 3.79. The van der Waals surface area contributed by atoms with Crippen molar-refractivity contribution in [1.29, 1.82) is 0 Å². The number of hydrogen-bond acceptors (Lipinski definition) is 5. The van der Waals surface area contributed by atoms with E-state index in [9.17, 15) is 13.2 Å². The first-order valence-electron chi connectivity index (χ1n) is 5.91. The summed E-state index contributed by atoms with van der Waals surface area (Å²) in [5.41, 5.74) is 7.16. The number of aryl methyl sites for hydroxylation is 2. The van der Waals surface area contributed by atoms with Crippen LogP contribution in [0.3, 0.4) is 0 Å². The number of hydrogen-bond donors (Lipinski definition) is 1. The highest BCUT2D eigenvalue weighted by atomic mass is 32.2. The summed E-state index contributed by atoms with van der Waals surface area (Å²) in [5.74, 6) is -0.196. The van der Waals surface area contributed by atoms with Crippen LogP contribution in [-0.2, 0) is 9.84 Å². The predicted octanol–water partition coefficient (Wildman–Crippen LogP) is 2.58. The Labute approximate surface area is 122 Å². The molecule has 106 valence electrons. The van der Waals surface area contributed by atoms with Crippen LogP contribution in [0.2, 0.25) is 0 Å². The highest BCUT2D eigenvalue weighted by molar-refractivity contribution is 7.90. The van der Waals surface area contributed by atoms with Gasteiger partial charge in [0.2, 0.25) is 5.78 Å². The Morgan fingerprint density at radius 1 is 1.15 bits per heavy atom. The zero-order valence-electron chi connectivity index (χ0n) is 11.4. The Kier molecular flexibility index (Phi) is 3.71. The number of carbonyl (C=O) groups is 1. The lowest BCUT2D eigenvalue weighted by Gasteiger charge is -2.05. The smallest absolute Gasteiger partial charge is 0.203 e. The molecule has 1 heterocycles. The summed E-state index contributed by atoms with van der Waals surface area (Å²) in [6.07, 6.45) is 1.09. The zero-order chi connectivity index (χ0) is 15.1. The number of nitrogen functional groups attached to an aromatic ring is 1. The van der Waals surface area contributed by atoms with Gasteiger partial charge in [-0.05, 0) is 43.7 Å². The lowest BCUT2D eigenvalue weighted by atomic mass is 10.1. The molecule has 2 aromatic rings. The minimum Gasteiger partial charge on any atom is -0.399 e. The van der Waals surface area contributed by atoms with Crippen molar-refractivity contribution in [3.05, 3.63) is 45.1 Å². The molecule has 2 rings (SSSR count). The van der Waals surface area contributed by atoms with Gasteiger partial charge in [-0.1, -0.05) is 0 Å². The molecule has 0 aliphatic heterocycles. The Hall–Kier alpha value is -1.66. The highest BCUT2D eigenvalue weighted by Crippen LogP contribution is 2.26. The summed E-state index contributed by atoms with van der Waals surface area (Å²) in [4.78, 5) is 14.2. The molecule has 6 heteroatoms. The number of sulfone groups is 1. The summed E-state index contributed by atoms with van der Waals surface area (Å²) in [7, 11) is -3.40. The quantitative estimate of drug-likeness (QED) is 0.698. The molecule has 0 radical (unpaired) electrons. The average molecular weight is 309 g/mol. The van der Waals surface area contributed by atoms with Crippen LogP contribution in [-0.4, -0.2) is 20.5 Å². The minimum atomic E-state index is -3.40. The van der Waals surface area contributed by atoms with E-state index in [4.69, 9.17) is 5.73 Å². The molecule has 1 aromatic heterocycles. The third-order valence-electron chi connectivity index (χ3n) is 2.87. The van der Waals surface area contributed by atoms with E-state index < -0.39 is 9.84 Å². The second-order valence-electron chi connectivity index (χ2n) is 4.76. The van der Waals surface area contributed by atoms with Crippen molar-refractivity contribution in [2.75, 3.05) is 12.0 Å². The van der Waals surface area contributed by atoms with Crippen molar-refractivity contribution in [2.24, 2.45) is 0 Å². The number of benzene rings is 1. The molecule has 0 unspecified atom stereocenters. The largest absolute Gasteiger partial charge is 0.399 e. The maximum atomic E-state index is 12.5. The Morgan fingerprint density at radius 2 is 1.80 bits per heavy atom. The monoisotopic (exact) mass is 309 g/mol. The van der Waals surface area contributed by atoms with E-state index in [0.29, 0.717) is 10.4 Å². The predicted molar refractivity (Wildman–Crippen MR) is 81.2 cm³/mol. The zero-order valence-corrected chi connectivity index (χ0v) is 13.1. The van der Waals surface area contributed by atoms with Crippen molar-refractivity contribution in [2.45, 2.75) is 18.7 Å². The van der Waals surface area contributed by atoms with Gasteiger partial charge in [0, 0.05) is 22.4 Å². The van der Waals surface area contributed by atoms with E-state index in [1.807, 2.05) is 19.9 Å². The van der Waals surface area contributed by atoms with Crippen molar-refractivity contribution in [3.8, 4) is 0 Å². The fraction of sp³-hybridized carbons (Fsp3) is 0.214. The SMILES string of the molecule is Cc1cc(C)c(C(=O)c2cc(N)cc(S(C)(=O)=O)c2)s1. The van der Waals surface area contributed by atoms with E-state index in [0.717, 1.165) is 16.7 Å². The summed E-state index contributed by atoms with van der Waals surface area (Å²) >= 11 is 1.40. The highest BCUT2D eigenvalue weighted by Gasteiger charge is 2.18. The van der Waals surface area contributed by atoms with Crippen LogP contribution in [0, 0.1) is 13.8 Å². The Balaban J connectivity index is 2.56. The first-order valence-corrected chi connectivity index (χ1v) is 8.61. The van der Waals surface area contributed by atoms with Crippen LogP contribution in [0.25, 0.3) is 0 Å². The standard InChI is InChI=1S/C14H15NO3S2/c1-8-4-9(2)19-14(8)13(16)10-5-11(15)7-12(6-10)20(3,17)18/h4-7H,15H2,1-3H3. The molecule has 4 nitrogen and oxygen atoms in total. The lowest BCUT2D eigenvalue weighted by Crippen LogP contribution is -2.05. The number of anilines is 1. The molecule has 2 N–H and O–H groups in total. The summed E-state index contributed by atoms with van der Waals surface area (Å²) < 4.78 is 23.2. The third-order valence-corrected chi connectivity index (χ3v) is 5.11. The molecule has 0 aliphatic rings. The average Bonchev–Trinajstić information content (AvgIpc) is 2.65. The maximum absolute atomic E-state index is 12.5. The van der Waals surface area contributed by atoms with Crippen LogP contribution in [0.1, 0.15) is 25.7 Å². The topological polar surface area (TPSA) is 77.2 Å². The minimum absolute atomic E-state index is 0.0618. The molecule has 0 saturated heterocycles. The molecule has 0 aliphatic carbocycles. The first kappa shape index (κ1) is 14.7. The van der Waals surface area contributed by atoms with Crippen molar-refractivity contribution in [3.63, 3.8) is 0 Å². The molecule has 0 amide bonds. The van der Waals surface area contributed by atoms with E-state index in [2.05, 4.69) is 0 Å². The van der Waals surface area contributed by atoms with Crippen LogP contribution in [0.15, 0.2) is 29.2 Å². The van der Waals surface area contributed by atoms with Gasteiger partial charge in [0.05, 0.1) is 9.77 Å². The van der Waals surface area contributed by atoms with E-state index in [1.165, 1.54) is 29.5 Å². The fourth-order valence-electron chi connectivity index (χ4n) is 1.97. The van der Waals surface area contributed by atoms with Gasteiger partial charge >= 0.3 is 0 Å². The Bertz CT molecular complexity index is 789. The van der Waals surface area contributed by atoms with Crippen molar-refractivity contribution >= 4 is 32.6 Å². The molecular formula is C14H15NO3S2. The Morgan fingerprint density at radius 3 is 2.30 bits per heavy atom. The van der Waals surface area contributed by atoms with Gasteiger partial charge in [-0.2, -0.15) is 0 Å². The molecule has 0 fully saturated rings. The first-order chi connectivity index (χ1) is 9.18. The van der Waals surface area contributed by atoms with Crippen molar-refractivity contribution in [1.82, 2.24) is 0 Å². The molecule has 0 spiro atoms. The number of rotatable bonds is 3. The van der Waals surface area contributed by atoms with Gasteiger partial charge in [0.15, 0.2) is 9.84 Å². The van der Waals surface area contributed by atoms with Gasteiger partial charge in [0.25, 0.3) is 0 Å². The van der Waals surface area contributed by atoms with Gasteiger partial charge in [-0.3, -0.25) is 4.79 Å². The van der Waals surface area contributed by atoms with Gasteiger partial charge < -0.3 is 5.73 Å². The van der Waals surface area contributed by atoms with Crippen LogP contribution < -0.4 is 5.73 Å². The summed E-state index contributed by atoms with van der Waals surface area (Å²) in [5, 5.41) is 0. The maximum Gasteiger partial charge on any atom is 0.203 e. The fourth-order valence-corrected chi connectivity index (χ4v) is 3.64. The second-order valence-corrected chi connectivity index (χ2v) is 8.03. The number of carbonyl (C=O) groups excluding carboxylic acids is 1. The van der Waals surface area contributed by atoms with E-state index >= 15 is 0 Å². The molecule has 20 heavy (non-hydrogen) atoms. The third kappa shape index (κ3) is 2.91. The molecular weight excluding hydrogens is 294 g/mol. The lowest BCUT2D eigenvalue weighted by molar-refractivity contribution is 0.104. The van der Waals surface area contributed by atoms with E-state index in [1.54, 1.807) is 0 Å². The molecule has 0 bridgehead atoms. The van der Waals surface area contributed by atoms with Crippen LogP contribution in [0.5, 0.6) is 0 Å². The van der Waals surface area contributed by atoms with Crippen molar-refractivity contribution < 1.29 is 13.2 Å². The molecule has 0 atom stereocenters. The number of ketones is 1.